The van der Waals surface area contributed by atoms with Crippen LogP contribution in [0.2, 0.25) is 0 Å². The Hall–Kier alpha value is -2.87. The number of carbonyl (C=O) groups is 3. The van der Waals surface area contributed by atoms with Gasteiger partial charge in [0, 0.05) is 28.7 Å². The number of anilines is 1. The second-order valence-corrected chi connectivity index (χ2v) is 11.0. The number of nitrogens with zero attached hydrogens (tertiary/aromatic N) is 2. The molecule has 174 valence electrons. The zero-order valence-corrected chi connectivity index (χ0v) is 20.1. The lowest BCUT2D eigenvalue weighted by Gasteiger charge is -2.43. The van der Waals surface area contributed by atoms with Gasteiger partial charge in [-0.3, -0.25) is 19.5 Å². The van der Waals surface area contributed by atoms with Crippen molar-refractivity contribution in [3.8, 4) is 0 Å². The number of rotatable bonds is 6. The predicted molar refractivity (Wildman–Crippen MR) is 129 cm³/mol. The molecule has 4 rings (SSSR count). The van der Waals surface area contributed by atoms with Gasteiger partial charge in [-0.1, -0.05) is 26.8 Å². The molecule has 1 aromatic heterocycles. The molecular weight excluding hydrogens is 436 g/mol. The standard InChI is InChI=1S/C25H30N4O3S/c1-17-11-24(2,3)16-25(12-17)22(31)29(23(32)28-25)14-21(30)27-19-6-8-20(9-7-19)33-15-18-5-4-10-26-13-18/h4-10,13,17H,11-12,14-16H2,1-3H3,(H,27,30)(H,28,32). The fourth-order valence-corrected chi connectivity index (χ4v) is 6.11. The van der Waals surface area contributed by atoms with E-state index in [9.17, 15) is 14.4 Å². The number of hydrogen-bond acceptors (Lipinski definition) is 5. The van der Waals surface area contributed by atoms with Crippen LogP contribution in [-0.4, -0.2) is 39.8 Å². The Bertz CT molecular complexity index is 1040. The number of benzene rings is 1. The lowest BCUT2D eigenvalue weighted by molar-refractivity contribution is -0.136. The van der Waals surface area contributed by atoms with Crippen LogP contribution in [0.3, 0.4) is 0 Å². The summed E-state index contributed by atoms with van der Waals surface area (Å²) in [5.41, 5.74) is 0.822. The number of urea groups is 1. The molecule has 1 aromatic carbocycles. The van der Waals surface area contributed by atoms with E-state index >= 15 is 0 Å². The molecule has 2 fully saturated rings. The molecule has 1 spiro atoms. The summed E-state index contributed by atoms with van der Waals surface area (Å²) in [5, 5.41) is 5.70. The largest absolute Gasteiger partial charge is 0.325 e. The van der Waals surface area contributed by atoms with Crippen molar-refractivity contribution in [2.45, 2.75) is 56.2 Å². The number of imide groups is 1. The normalized spacial score (nSPS) is 24.1. The molecule has 0 bridgehead atoms. The van der Waals surface area contributed by atoms with E-state index in [4.69, 9.17) is 0 Å². The average Bonchev–Trinajstić information content (AvgIpc) is 2.95. The fourth-order valence-electron chi connectivity index (χ4n) is 5.28. The Morgan fingerprint density at radius 1 is 1.21 bits per heavy atom. The van der Waals surface area contributed by atoms with Gasteiger partial charge in [-0.25, -0.2) is 4.79 Å². The first kappa shape index (κ1) is 23.3. The van der Waals surface area contributed by atoms with Crippen LogP contribution < -0.4 is 10.6 Å². The lowest BCUT2D eigenvalue weighted by Crippen LogP contribution is -2.54. The third-order valence-electron chi connectivity index (χ3n) is 6.19. The third kappa shape index (κ3) is 5.38. The molecule has 2 heterocycles. The van der Waals surface area contributed by atoms with Crippen molar-refractivity contribution in [1.29, 1.82) is 0 Å². The molecule has 1 aliphatic heterocycles. The predicted octanol–water partition coefficient (Wildman–Crippen LogP) is 4.45. The number of carbonyl (C=O) groups excluding carboxylic acids is 3. The minimum Gasteiger partial charge on any atom is -0.325 e. The van der Waals surface area contributed by atoms with Crippen molar-refractivity contribution in [3.05, 3.63) is 54.4 Å². The van der Waals surface area contributed by atoms with Gasteiger partial charge in [0.25, 0.3) is 5.91 Å². The molecule has 2 atom stereocenters. The van der Waals surface area contributed by atoms with Gasteiger partial charge in [0.05, 0.1) is 0 Å². The van der Waals surface area contributed by atoms with Gasteiger partial charge in [-0.15, -0.1) is 11.8 Å². The number of hydrogen-bond donors (Lipinski definition) is 2. The smallest absolute Gasteiger partial charge is 0.325 e. The maximum Gasteiger partial charge on any atom is 0.325 e. The van der Waals surface area contributed by atoms with Crippen LogP contribution in [0.4, 0.5) is 10.5 Å². The van der Waals surface area contributed by atoms with Gasteiger partial charge in [-0.05, 0) is 66.5 Å². The number of amides is 4. The quantitative estimate of drug-likeness (QED) is 0.485. The third-order valence-corrected chi connectivity index (χ3v) is 7.28. The molecule has 1 aliphatic carbocycles. The van der Waals surface area contributed by atoms with Crippen LogP contribution in [0.15, 0.2) is 53.7 Å². The van der Waals surface area contributed by atoms with Gasteiger partial charge in [-0.2, -0.15) is 0 Å². The van der Waals surface area contributed by atoms with Gasteiger partial charge < -0.3 is 10.6 Å². The van der Waals surface area contributed by atoms with Crippen LogP contribution in [0.25, 0.3) is 0 Å². The Labute approximate surface area is 198 Å². The zero-order chi connectivity index (χ0) is 23.6. The monoisotopic (exact) mass is 466 g/mol. The number of pyridine rings is 1. The highest BCUT2D eigenvalue weighted by molar-refractivity contribution is 7.98. The highest BCUT2D eigenvalue weighted by Gasteiger charge is 2.56. The maximum absolute atomic E-state index is 13.2. The molecule has 8 heteroatoms. The summed E-state index contributed by atoms with van der Waals surface area (Å²) in [4.78, 5) is 44.7. The number of nitrogens with one attached hydrogen (secondary N) is 2. The molecule has 2 aromatic rings. The van der Waals surface area contributed by atoms with Crippen molar-refractivity contribution in [2.75, 3.05) is 11.9 Å². The first-order valence-electron chi connectivity index (χ1n) is 11.2. The molecule has 1 saturated heterocycles. The summed E-state index contributed by atoms with van der Waals surface area (Å²) in [6.45, 7) is 6.06. The Kier molecular flexibility index (Phi) is 6.47. The van der Waals surface area contributed by atoms with Crippen LogP contribution in [0.1, 0.15) is 45.6 Å². The lowest BCUT2D eigenvalue weighted by atomic mass is 9.64. The summed E-state index contributed by atoms with van der Waals surface area (Å²) in [7, 11) is 0. The van der Waals surface area contributed by atoms with E-state index in [0.717, 1.165) is 27.5 Å². The second-order valence-electron chi connectivity index (χ2n) is 9.98. The molecule has 4 amide bonds. The summed E-state index contributed by atoms with van der Waals surface area (Å²) >= 11 is 1.68. The van der Waals surface area contributed by atoms with Crippen LogP contribution >= 0.6 is 11.8 Å². The first-order chi connectivity index (χ1) is 15.7. The summed E-state index contributed by atoms with van der Waals surface area (Å²) in [6.07, 6.45) is 5.80. The second kappa shape index (κ2) is 9.17. The molecule has 2 unspecified atom stereocenters. The van der Waals surface area contributed by atoms with Crippen LogP contribution in [-0.2, 0) is 15.3 Å². The van der Waals surface area contributed by atoms with E-state index in [1.165, 1.54) is 0 Å². The van der Waals surface area contributed by atoms with Crippen LogP contribution in [0, 0.1) is 11.3 Å². The fraction of sp³-hybridized carbons (Fsp3) is 0.440. The van der Waals surface area contributed by atoms with Crippen molar-refractivity contribution in [1.82, 2.24) is 15.2 Å². The Morgan fingerprint density at radius 2 is 1.97 bits per heavy atom. The van der Waals surface area contributed by atoms with Crippen molar-refractivity contribution in [2.24, 2.45) is 11.3 Å². The molecule has 2 aliphatic rings. The van der Waals surface area contributed by atoms with E-state index in [1.54, 1.807) is 18.0 Å². The SMILES string of the molecule is CC1CC(C)(C)CC2(C1)NC(=O)N(CC(=O)Nc1ccc(SCc3cccnc3)cc1)C2=O. The van der Waals surface area contributed by atoms with Gasteiger partial charge >= 0.3 is 6.03 Å². The van der Waals surface area contributed by atoms with E-state index in [2.05, 4.69) is 36.4 Å². The van der Waals surface area contributed by atoms with Crippen LogP contribution in [0.5, 0.6) is 0 Å². The number of thioether (sulfide) groups is 1. The minimum absolute atomic E-state index is 0.0460. The molecule has 1 saturated carbocycles. The van der Waals surface area contributed by atoms with E-state index in [1.807, 2.05) is 42.6 Å². The van der Waals surface area contributed by atoms with E-state index in [-0.39, 0.29) is 17.9 Å². The summed E-state index contributed by atoms with van der Waals surface area (Å²) < 4.78 is 0. The first-order valence-corrected chi connectivity index (χ1v) is 12.2. The highest BCUT2D eigenvalue weighted by Crippen LogP contribution is 2.46. The van der Waals surface area contributed by atoms with Gasteiger partial charge in [0.1, 0.15) is 12.1 Å². The van der Waals surface area contributed by atoms with Crippen molar-refractivity contribution >= 4 is 35.3 Å². The molecule has 7 nitrogen and oxygen atoms in total. The molecule has 0 radical (unpaired) electrons. The van der Waals surface area contributed by atoms with E-state index in [0.29, 0.717) is 24.4 Å². The average molecular weight is 467 g/mol. The van der Waals surface area contributed by atoms with Gasteiger partial charge in [0.15, 0.2) is 0 Å². The minimum atomic E-state index is -0.897. The maximum atomic E-state index is 13.2. The topological polar surface area (TPSA) is 91.4 Å². The molecular formula is C25H30N4O3S. The summed E-state index contributed by atoms with van der Waals surface area (Å²) in [6, 6.07) is 11.0. The van der Waals surface area contributed by atoms with E-state index < -0.39 is 17.5 Å². The van der Waals surface area contributed by atoms with Gasteiger partial charge in [0.2, 0.25) is 5.91 Å². The Balaban J connectivity index is 1.34. The van der Waals surface area contributed by atoms with Crippen molar-refractivity contribution < 1.29 is 14.4 Å². The Morgan fingerprint density at radius 3 is 2.64 bits per heavy atom. The van der Waals surface area contributed by atoms with Crippen molar-refractivity contribution in [3.63, 3.8) is 0 Å². The highest BCUT2D eigenvalue weighted by atomic mass is 32.2. The molecule has 2 N–H and O–H groups in total. The number of aromatic nitrogens is 1. The summed E-state index contributed by atoms with van der Waals surface area (Å²) in [5.74, 6) is 0.447. The molecule has 33 heavy (non-hydrogen) atoms. The zero-order valence-electron chi connectivity index (χ0n) is 19.3.